The maximum atomic E-state index is 14.8. The van der Waals surface area contributed by atoms with Crippen LogP contribution < -0.4 is 5.32 Å². The molecule has 1 aromatic rings. The van der Waals surface area contributed by atoms with E-state index in [0.29, 0.717) is 10.9 Å². The van der Waals surface area contributed by atoms with Crippen molar-refractivity contribution in [1.82, 2.24) is 9.62 Å². The van der Waals surface area contributed by atoms with Gasteiger partial charge in [0, 0.05) is 23.7 Å². The number of alkyl carbamates (subject to hydrolysis) is 1. The van der Waals surface area contributed by atoms with Crippen LogP contribution >= 0.6 is 15.9 Å². The number of nitrogens with one attached hydrogen (secondary N) is 1. The highest BCUT2D eigenvalue weighted by molar-refractivity contribution is 9.10. The highest BCUT2D eigenvalue weighted by Crippen LogP contribution is 2.46. The Morgan fingerprint density at radius 3 is 2.79 bits per heavy atom. The molecular formula is C18H23BrFN3O5S. The topological polar surface area (TPSA) is 97.3 Å². The number of nitrogens with zero attached hydrogens (tertiary/aromatic N) is 2. The molecule has 0 aromatic heterocycles. The van der Waals surface area contributed by atoms with Crippen LogP contribution in [0.25, 0.3) is 0 Å². The minimum absolute atomic E-state index is 0.0803. The Balaban J connectivity index is 2.15. The number of amides is 1. The summed E-state index contributed by atoms with van der Waals surface area (Å²) >= 11 is 3.30. The van der Waals surface area contributed by atoms with Crippen molar-refractivity contribution in [1.29, 1.82) is 0 Å². The third-order valence-electron chi connectivity index (χ3n) is 4.62. The molecular weight excluding hydrogens is 469 g/mol. The Morgan fingerprint density at radius 1 is 1.45 bits per heavy atom. The van der Waals surface area contributed by atoms with Crippen LogP contribution in [-0.4, -0.2) is 49.5 Å². The molecule has 8 nitrogen and oxygen atoms in total. The number of rotatable bonds is 1. The number of hydrogen-bond donors (Lipinski definition) is 1. The molecule has 0 radical (unpaired) electrons. The third-order valence-corrected chi connectivity index (χ3v) is 7.12. The zero-order chi connectivity index (χ0) is 21.6. The van der Waals surface area contributed by atoms with Crippen LogP contribution in [0.5, 0.6) is 0 Å². The van der Waals surface area contributed by atoms with Gasteiger partial charge in [-0.15, -0.1) is 0 Å². The molecule has 1 N–H and O–H groups in total. The lowest BCUT2D eigenvalue weighted by Gasteiger charge is -2.46. The molecule has 2 aliphatic heterocycles. The lowest BCUT2D eigenvalue weighted by Crippen LogP contribution is -2.61. The summed E-state index contributed by atoms with van der Waals surface area (Å²) in [5, 5.41) is 2.39. The van der Waals surface area contributed by atoms with E-state index in [-0.39, 0.29) is 24.6 Å². The number of halogens is 2. The molecule has 2 aliphatic rings. The van der Waals surface area contributed by atoms with E-state index in [4.69, 9.17) is 9.47 Å². The summed E-state index contributed by atoms with van der Waals surface area (Å²) in [6.07, 6.45) is -0.152. The SMILES string of the molecule is CN1C(NC(=O)OC(C)(C)C)=NC2(c3cc(Br)ccc3F)CCCOC2S1(=O)=O. The molecule has 0 saturated carbocycles. The van der Waals surface area contributed by atoms with Gasteiger partial charge < -0.3 is 9.47 Å². The van der Waals surface area contributed by atoms with Crippen LogP contribution in [0.3, 0.4) is 0 Å². The number of carbonyl (C=O) groups excluding carboxylic acids is 1. The Morgan fingerprint density at radius 2 is 2.14 bits per heavy atom. The Hall–Kier alpha value is -1.72. The minimum atomic E-state index is -4.11. The second-order valence-corrected chi connectivity index (χ2v) is 10.9. The summed E-state index contributed by atoms with van der Waals surface area (Å²) in [5.41, 5.74) is -3.66. The van der Waals surface area contributed by atoms with Gasteiger partial charge in [0.15, 0.2) is 0 Å². The first-order valence-electron chi connectivity index (χ1n) is 9.01. The number of guanidine groups is 1. The number of hydrogen-bond acceptors (Lipinski definition) is 6. The van der Waals surface area contributed by atoms with Crippen LogP contribution in [-0.2, 0) is 25.0 Å². The van der Waals surface area contributed by atoms with Gasteiger partial charge >= 0.3 is 6.09 Å². The predicted octanol–water partition coefficient (Wildman–Crippen LogP) is 3.08. The average Bonchev–Trinajstić information content (AvgIpc) is 2.60. The summed E-state index contributed by atoms with van der Waals surface area (Å²) in [6.45, 7) is 5.25. The molecule has 1 saturated heterocycles. The number of fused-ring (bicyclic) bond motifs is 1. The van der Waals surface area contributed by atoms with Gasteiger partial charge in [-0.05, 0) is 51.8 Å². The van der Waals surface area contributed by atoms with E-state index in [1.165, 1.54) is 25.2 Å². The van der Waals surface area contributed by atoms with Crippen molar-refractivity contribution in [3.05, 3.63) is 34.1 Å². The van der Waals surface area contributed by atoms with Crippen molar-refractivity contribution in [3.63, 3.8) is 0 Å². The van der Waals surface area contributed by atoms with Gasteiger partial charge in [-0.1, -0.05) is 15.9 Å². The maximum absolute atomic E-state index is 14.8. The van der Waals surface area contributed by atoms with E-state index >= 15 is 0 Å². The standard InChI is InChI=1S/C18H23BrFN3O5S/c1-17(2,3)28-16(24)21-15-22-18(12-10-11(19)6-7-13(12)20)8-5-9-27-14(18)29(25,26)23(15)4/h6-7,10,14H,5,8-9H2,1-4H3,(H,21,22,24). The molecule has 2 heterocycles. The summed E-state index contributed by atoms with van der Waals surface area (Å²) in [7, 11) is -2.85. The molecule has 1 amide bonds. The van der Waals surface area contributed by atoms with E-state index in [9.17, 15) is 17.6 Å². The summed E-state index contributed by atoms with van der Waals surface area (Å²) in [6, 6.07) is 4.24. The molecule has 1 aromatic carbocycles. The van der Waals surface area contributed by atoms with Crippen molar-refractivity contribution in [2.24, 2.45) is 4.99 Å². The fraction of sp³-hybridized carbons (Fsp3) is 0.556. The first-order valence-corrected chi connectivity index (χ1v) is 11.3. The van der Waals surface area contributed by atoms with Crippen LogP contribution in [0, 0.1) is 5.82 Å². The molecule has 160 valence electrons. The van der Waals surface area contributed by atoms with Gasteiger partial charge in [0.25, 0.3) is 10.0 Å². The van der Waals surface area contributed by atoms with Crippen molar-refractivity contribution < 1.29 is 27.1 Å². The van der Waals surface area contributed by atoms with Gasteiger partial charge in [0.05, 0.1) is 0 Å². The number of carbonyl (C=O) groups is 1. The largest absolute Gasteiger partial charge is 0.444 e. The fourth-order valence-electron chi connectivity index (χ4n) is 3.40. The van der Waals surface area contributed by atoms with Crippen molar-refractivity contribution in [3.8, 4) is 0 Å². The second-order valence-electron chi connectivity index (χ2n) is 7.93. The quantitative estimate of drug-likeness (QED) is 0.650. The Bertz CT molecular complexity index is 963. The summed E-state index contributed by atoms with van der Waals surface area (Å²) in [5.74, 6) is -0.857. The van der Waals surface area contributed by atoms with Crippen LogP contribution in [0.2, 0.25) is 0 Å². The summed E-state index contributed by atoms with van der Waals surface area (Å²) < 4.78 is 53.4. The number of benzene rings is 1. The van der Waals surface area contributed by atoms with Crippen LogP contribution in [0.1, 0.15) is 39.2 Å². The van der Waals surface area contributed by atoms with E-state index in [0.717, 1.165) is 4.31 Å². The van der Waals surface area contributed by atoms with E-state index in [1.807, 2.05) is 0 Å². The summed E-state index contributed by atoms with van der Waals surface area (Å²) in [4.78, 5) is 16.8. The molecule has 3 rings (SSSR count). The van der Waals surface area contributed by atoms with E-state index in [1.54, 1.807) is 20.8 Å². The minimum Gasteiger partial charge on any atom is -0.444 e. The molecule has 1 fully saturated rings. The van der Waals surface area contributed by atoms with E-state index < -0.39 is 38.5 Å². The van der Waals surface area contributed by atoms with Gasteiger partial charge in [0.2, 0.25) is 11.4 Å². The molecule has 0 spiro atoms. The van der Waals surface area contributed by atoms with Gasteiger partial charge in [-0.25, -0.2) is 26.9 Å². The number of ether oxygens (including phenoxy) is 2. The lowest BCUT2D eigenvalue weighted by atomic mass is 9.84. The first kappa shape index (κ1) is 22.0. The van der Waals surface area contributed by atoms with Crippen LogP contribution in [0.4, 0.5) is 9.18 Å². The zero-order valence-electron chi connectivity index (χ0n) is 16.5. The molecule has 0 bridgehead atoms. The molecule has 2 unspecified atom stereocenters. The smallest absolute Gasteiger partial charge is 0.414 e. The number of aliphatic imine (C=N–C) groups is 1. The average molecular weight is 492 g/mol. The van der Waals surface area contributed by atoms with Crippen molar-refractivity contribution in [2.45, 2.75) is 50.2 Å². The highest BCUT2D eigenvalue weighted by Gasteiger charge is 2.57. The fourth-order valence-corrected chi connectivity index (χ4v) is 5.44. The van der Waals surface area contributed by atoms with Gasteiger partial charge in [-0.2, -0.15) is 0 Å². The Kier molecular flexibility index (Phi) is 5.69. The van der Waals surface area contributed by atoms with Crippen LogP contribution in [0.15, 0.2) is 27.7 Å². The first-order chi connectivity index (χ1) is 13.4. The molecule has 11 heteroatoms. The molecule has 2 atom stereocenters. The Labute approximate surface area is 177 Å². The van der Waals surface area contributed by atoms with Gasteiger partial charge in [0.1, 0.15) is 17.0 Å². The second kappa shape index (κ2) is 7.51. The highest BCUT2D eigenvalue weighted by atomic mass is 79.9. The maximum Gasteiger partial charge on any atom is 0.414 e. The van der Waals surface area contributed by atoms with Gasteiger partial charge in [-0.3, -0.25) is 5.32 Å². The third kappa shape index (κ3) is 4.13. The predicted molar refractivity (Wildman–Crippen MR) is 108 cm³/mol. The molecule has 29 heavy (non-hydrogen) atoms. The van der Waals surface area contributed by atoms with Crippen molar-refractivity contribution in [2.75, 3.05) is 13.7 Å². The number of sulfonamides is 1. The normalized spacial score (nSPS) is 26.3. The van der Waals surface area contributed by atoms with Crippen molar-refractivity contribution >= 4 is 38.0 Å². The monoisotopic (exact) mass is 491 g/mol. The lowest BCUT2D eigenvalue weighted by molar-refractivity contribution is 0.000117. The molecule has 0 aliphatic carbocycles. The zero-order valence-corrected chi connectivity index (χ0v) is 18.9. The van der Waals surface area contributed by atoms with E-state index in [2.05, 4.69) is 26.2 Å².